The molecule has 5 rings (SSSR count). The van der Waals surface area contributed by atoms with Gasteiger partial charge in [-0.3, -0.25) is 9.59 Å². The Labute approximate surface area is 241 Å². The van der Waals surface area contributed by atoms with Gasteiger partial charge in [0.05, 0.1) is 16.6 Å². The predicted octanol–water partition coefficient (Wildman–Crippen LogP) is 6.22. The van der Waals surface area contributed by atoms with Crippen molar-refractivity contribution in [2.75, 3.05) is 10.6 Å². The summed E-state index contributed by atoms with van der Waals surface area (Å²) in [5.74, 6) is -3.79. The predicted molar refractivity (Wildman–Crippen MR) is 153 cm³/mol. The fourth-order valence-electron chi connectivity index (χ4n) is 6.10. The van der Waals surface area contributed by atoms with Crippen LogP contribution in [0.4, 0.5) is 15.8 Å². The van der Waals surface area contributed by atoms with Crippen molar-refractivity contribution in [3.05, 3.63) is 93.2 Å². The molecular formula is C30H28Cl2FN3O4. The lowest BCUT2D eigenvalue weighted by Crippen LogP contribution is -2.49. The number of fused-ring (bicyclic) bond motifs is 2. The third kappa shape index (κ3) is 4.74. The SMILES string of the molecule is CC(C)(C)CC1NC(C(=O)Nc2cccc(C(=O)O)c2)C(c2cccc(Cl)c2F)C12C(=O)Nc1cc(Cl)ccc12. The molecule has 0 radical (unpaired) electrons. The molecular weight excluding hydrogens is 556 g/mol. The number of halogens is 3. The van der Waals surface area contributed by atoms with Crippen molar-refractivity contribution >= 4 is 52.4 Å². The maximum absolute atomic E-state index is 15.8. The molecule has 3 aromatic carbocycles. The normalized spacial score (nSPS) is 23.6. The molecule has 2 amide bonds. The van der Waals surface area contributed by atoms with Crippen molar-refractivity contribution < 1.29 is 23.9 Å². The minimum absolute atomic E-state index is 0.00215. The van der Waals surface area contributed by atoms with Crippen LogP contribution >= 0.6 is 23.2 Å². The average molecular weight is 584 g/mol. The Hall–Kier alpha value is -3.46. The molecule has 0 saturated carbocycles. The molecule has 0 aromatic heterocycles. The zero-order valence-corrected chi connectivity index (χ0v) is 23.5. The number of anilines is 2. The third-order valence-corrected chi connectivity index (χ3v) is 8.13. The highest BCUT2D eigenvalue weighted by molar-refractivity contribution is 6.31. The lowest BCUT2D eigenvalue weighted by molar-refractivity contribution is -0.122. The van der Waals surface area contributed by atoms with Crippen molar-refractivity contribution in [1.82, 2.24) is 5.32 Å². The lowest BCUT2D eigenvalue weighted by atomic mass is 9.62. The summed E-state index contributed by atoms with van der Waals surface area (Å²) in [4.78, 5) is 39.6. The van der Waals surface area contributed by atoms with Crippen LogP contribution in [-0.2, 0) is 15.0 Å². The Balaban J connectivity index is 1.71. The quantitative estimate of drug-likeness (QED) is 0.285. The number of aromatic carboxylic acids is 1. The van der Waals surface area contributed by atoms with Crippen LogP contribution in [-0.4, -0.2) is 35.0 Å². The molecule has 7 nitrogen and oxygen atoms in total. The summed E-state index contributed by atoms with van der Waals surface area (Å²) in [6.07, 6.45) is 0.472. The molecule has 1 spiro atoms. The number of hydrogen-bond donors (Lipinski definition) is 4. The molecule has 0 aliphatic carbocycles. The van der Waals surface area contributed by atoms with Gasteiger partial charge in [-0.2, -0.15) is 0 Å². The van der Waals surface area contributed by atoms with E-state index in [9.17, 15) is 19.5 Å². The summed E-state index contributed by atoms with van der Waals surface area (Å²) in [6.45, 7) is 6.08. The second-order valence-corrected chi connectivity index (χ2v) is 12.3. The van der Waals surface area contributed by atoms with Gasteiger partial charge in [-0.05, 0) is 59.4 Å². The number of nitrogens with one attached hydrogen (secondary N) is 3. The molecule has 4 N–H and O–H groups in total. The van der Waals surface area contributed by atoms with Crippen molar-refractivity contribution in [2.24, 2.45) is 5.41 Å². The van der Waals surface area contributed by atoms with Gasteiger partial charge < -0.3 is 21.1 Å². The molecule has 1 fully saturated rings. The van der Waals surface area contributed by atoms with Crippen molar-refractivity contribution in [3.8, 4) is 0 Å². The van der Waals surface area contributed by atoms with E-state index in [1.54, 1.807) is 36.4 Å². The molecule has 10 heteroatoms. The third-order valence-electron chi connectivity index (χ3n) is 7.60. The van der Waals surface area contributed by atoms with Crippen molar-refractivity contribution in [1.29, 1.82) is 0 Å². The second kappa shape index (κ2) is 10.2. The summed E-state index contributed by atoms with van der Waals surface area (Å²) in [6, 6.07) is 13.8. The van der Waals surface area contributed by atoms with Crippen LogP contribution in [0, 0.1) is 11.2 Å². The number of carboxylic acid groups (broad SMARTS) is 1. The number of carboxylic acids is 1. The van der Waals surface area contributed by atoms with Gasteiger partial charge in [-0.25, -0.2) is 9.18 Å². The zero-order valence-electron chi connectivity index (χ0n) is 22.0. The number of carbonyl (C=O) groups is 3. The first-order chi connectivity index (χ1) is 18.8. The fraction of sp³-hybridized carbons (Fsp3) is 0.300. The molecule has 4 unspecified atom stereocenters. The molecule has 4 atom stereocenters. The van der Waals surface area contributed by atoms with Crippen LogP contribution in [0.2, 0.25) is 10.0 Å². The molecule has 2 aliphatic rings. The van der Waals surface area contributed by atoms with Gasteiger partial charge in [0.1, 0.15) is 11.2 Å². The largest absolute Gasteiger partial charge is 0.478 e. The summed E-state index contributed by atoms with van der Waals surface area (Å²) in [5.41, 5.74) is -0.181. The molecule has 0 bridgehead atoms. The molecule has 2 heterocycles. The van der Waals surface area contributed by atoms with Crippen LogP contribution in [0.15, 0.2) is 60.7 Å². The molecule has 208 valence electrons. The molecule has 2 aliphatic heterocycles. The standard InChI is InChI=1S/C30H28Cl2FN3O4/c1-29(2,3)14-22-30(19-11-10-16(31)13-21(19)35-28(30)40)23(18-8-5-9-20(32)24(18)33)25(36-22)26(37)34-17-7-4-6-15(12-17)27(38)39/h4-13,22-23,25,36H,14H2,1-3H3,(H,34,37)(H,35,40)(H,38,39). The lowest BCUT2D eigenvalue weighted by Gasteiger charge is -2.37. The topological polar surface area (TPSA) is 108 Å². The van der Waals surface area contributed by atoms with Gasteiger partial charge in [0.2, 0.25) is 11.8 Å². The van der Waals surface area contributed by atoms with Gasteiger partial charge in [0.15, 0.2) is 0 Å². The van der Waals surface area contributed by atoms with E-state index in [1.807, 2.05) is 20.8 Å². The van der Waals surface area contributed by atoms with Gasteiger partial charge in [0.25, 0.3) is 0 Å². The highest BCUT2D eigenvalue weighted by Gasteiger charge is 2.66. The van der Waals surface area contributed by atoms with Crippen LogP contribution in [0.5, 0.6) is 0 Å². The highest BCUT2D eigenvalue weighted by Crippen LogP contribution is 2.57. The Bertz CT molecular complexity index is 1540. The van der Waals surface area contributed by atoms with E-state index in [0.29, 0.717) is 22.7 Å². The molecule has 3 aromatic rings. The smallest absolute Gasteiger partial charge is 0.335 e. The zero-order chi connectivity index (χ0) is 29.0. The van der Waals surface area contributed by atoms with Crippen molar-refractivity contribution in [2.45, 2.75) is 50.6 Å². The first kappa shape index (κ1) is 28.1. The van der Waals surface area contributed by atoms with E-state index >= 15 is 4.39 Å². The van der Waals surface area contributed by atoms with Crippen LogP contribution in [0.1, 0.15) is 54.6 Å². The summed E-state index contributed by atoms with van der Waals surface area (Å²) < 4.78 is 15.8. The summed E-state index contributed by atoms with van der Waals surface area (Å²) in [7, 11) is 0. The monoisotopic (exact) mass is 583 g/mol. The maximum Gasteiger partial charge on any atom is 0.335 e. The number of rotatable bonds is 5. The Morgan fingerprint density at radius 2 is 1.80 bits per heavy atom. The molecule has 40 heavy (non-hydrogen) atoms. The first-order valence-electron chi connectivity index (χ1n) is 12.8. The van der Waals surface area contributed by atoms with E-state index < -0.39 is 41.1 Å². The number of hydrogen-bond acceptors (Lipinski definition) is 4. The van der Waals surface area contributed by atoms with Crippen LogP contribution < -0.4 is 16.0 Å². The van der Waals surface area contributed by atoms with E-state index in [4.69, 9.17) is 23.2 Å². The number of carbonyl (C=O) groups excluding carboxylic acids is 2. The summed E-state index contributed by atoms with van der Waals surface area (Å²) >= 11 is 12.5. The van der Waals surface area contributed by atoms with E-state index in [2.05, 4.69) is 16.0 Å². The second-order valence-electron chi connectivity index (χ2n) is 11.5. The van der Waals surface area contributed by atoms with Crippen molar-refractivity contribution in [3.63, 3.8) is 0 Å². The maximum atomic E-state index is 15.8. The van der Waals surface area contributed by atoms with Gasteiger partial charge >= 0.3 is 5.97 Å². The Morgan fingerprint density at radius 3 is 2.50 bits per heavy atom. The minimum Gasteiger partial charge on any atom is -0.478 e. The average Bonchev–Trinajstić information content (AvgIpc) is 3.34. The molecule has 1 saturated heterocycles. The van der Waals surface area contributed by atoms with Crippen LogP contribution in [0.3, 0.4) is 0 Å². The number of benzene rings is 3. The Morgan fingerprint density at radius 1 is 1.07 bits per heavy atom. The fourth-order valence-corrected chi connectivity index (χ4v) is 6.46. The number of amides is 2. The van der Waals surface area contributed by atoms with Gasteiger partial charge in [-0.1, -0.05) is 68.2 Å². The van der Waals surface area contributed by atoms with E-state index in [-0.39, 0.29) is 33.2 Å². The first-order valence-corrected chi connectivity index (χ1v) is 13.5. The summed E-state index contributed by atoms with van der Waals surface area (Å²) in [5, 5.41) is 18.8. The van der Waals surface area contributed by atoms with Gasteiger partial charge in [0, 0.05) is 28.4 Å². The van der Waals surface area contributed by atoms with E-state index in [1.165, 1.54) is 24.3 Å². The highest BCUT2D eigenvalue weighted by atomic mass is 35.5. The van der Waals surface area contributed by atoms with Gasteiger partial charge in [-0.15, -0.1) is 0 Å². The van der Waals surface area contributed by atoms with Crippen LogP contribution in [0.25, 0.3) is 0 Å². The minimum atomic E-state index is -1.39. The van der Waals surface area contributed by atoms with E-state index in [0.717, 1.165) is 0 Å². The Kier molecular flexibility index (Phi) is 7.15.